The van der Waals surface area contributed by atoms with Gasteiger partial charge in [-0.05, 0) is 11.4 Å². The first-order valence-corrected chi connectivity index (χ1v) is 10.9. The molecule has 2 aliphatic rings. The largest absolute Gasteiger partial charge is 0.379 e. The molecule has 2 fully saturated rings. The number of sulfonamides is 1. The van der Waals surface area contributed by atoms with Crippen LogP contribution in [-0.4, -0.2) is 75.5 Å². The predicted molar refractivity (Wildman–Crippen MR) is 96.2 cm³/mol. The molecule has 0 spiro atoms. The fraction of sp³-hybridized carbons (Fsp3) is 0.625. The van der Waals surface area contributed by atoms with Gasteiger partial charge in [0, 0.05) is 32.0 Å². The molecule has 3 rings (SSSR count). The first kappa shape index (κ1) is 19.3. The van der Waals surface area contributed by atoms with E-state index < -0.39 is 10.0 Å². The van der Waals surface area contributed by atoms with Crippen molar-refractivity contribution in [1.82, 2.24) is 14.5 Å². The van der Waals surface area contributed by atoms with E-state index in [1.807, 2.05) is 6.92 Å². The number of fused-ring (bicyclic) bond motifs is 3. The summed E-state index contributed by atoms with van der Waals surface area (Å²) in [6.45, 7) is 3.82. The van der Waals surface area contributed by atoms with Gasteiger partial charge in [-0.1, -0.05) is 13.0 Å². The zero-order valence-corrected chi connectivity index (χ0v) is 16.2. The van der Waals surface area contributed by atoms with Gasteiger partial charge < -0.3 is 14.5 Å². The number of carbonyl (C=O) groups is 2. The quantitative estimate of drug-likeness (QED) is 0.756. The van der Waals surface area contributed by atoms with Crippen LogP contribution < -0.4 is 4.72 Å². The molecule has 0 radical (unpaired) electrons. The van der Waals surface area contributed by atoms with Crippen molar-refractivity contribution in [3.05, 3.63) is 17.5 Å². The van der Waals surface area contributed by atoms with Crippen molar-refractivity contribution in [1.29, 1.82) is 0 Å². The predicted octanol–water partition coefficient (Wildman–Crippen LogP) is 0.122. The van der Waals surface area contributed by atoms with Gasteiger partial charge in [0.05, 0.1) is 25.8 Å². The van der Waals surface area contributed by atoms with Crippen LogP contribution in [-0.2, 0) is 24.3 Å². The van der Waals surface area contributed by atoms with Crippen LogP contribution in [0.4, 0.5) is 0 Å². The number of amides is 2. The van der Waals surface area contributed by atoms with E-state index in [2.05, 4.69) is 4.72 Å². The van der Waals surface area contributed by atoms with Gasteiger partial charge in [0.25, 0.3) is 10.0 Å². The summed E-state index contributed by atoms with van der Waals surface area (Å²) >= 11 is 1.10. The molecular formula is C16H23N3O5S2. The molecule has 144 valence electrons. The average Bonchev–Trinajstić information content (AvgIpc) is 3.00. The van der Waals surface area contributed by atoms with Crippen LogP contribution in [0.15, 0.2) is 21.7 Å². The highest BCUT2D eigenvalue weighted by Gasteiger charge is 2.36. The molecule has 2 aliphatic heterocycles. The monoisotopic (exact) mass is 401 g/mol. The Labute approximate surface area is 157 Å². The smallest absolute Gasteiger partial charge is 0.250 e. The summed E-state index contributed by atoms with van der Waals surface area (Å²) in [5, 5.41) is 1.67. The number of ether oxygens (including phenoxy) is 1. The normalized spacial score (nSPS) is 23.6. The first-order chi connectivity index (χ1) is 12.4. The van der Waals surface area contributed by atoms with E-state index in [1.54, 1.807) is 21.2 Å². The molecule has 0 aliphatic carbocycles. The summed E-state index contributed by atoms with van der Waals surface area (Å²) in [7, 11) is -3.67. The molecule has 0 unspecified atom stereocenters. The number of nitrogens with one attached hydrogen (secondary N) is 1. The number of hydrogen-bond donors (Lipinski definition) is 1. The van der Waals surface area contributed by atoms with E-state index >= 15 is 0 Å². The van der Waals surface area contributed by atoms with Gasteiger partial charge in [-0.3, -0.25) is 9.59 Å². The molecule has 10 heteroatoms. The van der Waals surface area contributed by atoms with Gasteiger partial charge in [0.15, 0.2) is 0 Å². The number of rotatable bonds is 5. The highest BCUT2D eigenvalue weighted by atomic mass is 32.2. The molecule has 2 bridgehead atoms. The fourth-order valence-corrected chi connectivity index (χ4v) is 5.32. The van der Waals surface area contributed by atoms with Crippen LogP contribution >= 0.6 is 11.3 Å². The van der Waals surface area contributed by atoms with Crippen LogP contribution in [0.25, 0.3) is 0 Å². The van der Waals surface area contributed by atoms with Gasteiger partial charge in [-0.15, -0.1) is 11.3 Å². The molecule has 1 aromatic rings. The van der Waals surface area contributed by atoms with E-state index in [-0.39, 0.29) is 34.5 Å². The highest BCUT2D eigenvalue weighted by Crippen LogP contribution is 2.21. The Balaban J connectivity index is 1.66. The number of nitrogens with zero attached hydrogens (tertiary/aromatic N) is 2. The second-order valence-electron chi connectivity index (χ2n) is 6.51. The zero-order chi connectivity index (χ0) is 18.7. The standard InChI is InChI=1S/C16H23N3O5S2/c1-2-14(20)19-8-12-7-18(9-13(19)11-24-10-12)15(21)6-17-26(22,23)16-4-3-5-25-16/h3-5,12-13,17H,2,6-11H2,1H3/t12-,13-/m0/s1. The van der Waals surface area contributed by atoms with Gasteiger partial charge in [-0.25, -0.2) is 13.1 Å². The molecule has 2 amide bonds. The first-order valence-electron chi connectivity index (χ1n) is 8.59. The zero-order valence-electron chi connectivity index (χ0n) is 14.6. The highest BCUT2D eigenvalue weighted by molar-refractivity contribution is 7.91. The van der Waals surface area contributed by atoms with Crippen molar-refractivity contribution in [2.75, 3.05) is 39.4 Å². The van der Waals surface area contributed by atoms with Crippen LogP contribution in [0.2, 0.25) is 0 Å². The Morgan fingerprint density at radius 3 is 2.77 bits per heavy atom. The molecule has 2 atom stereocenters. The lowest BCUT2D eigenvalue weighted by Crippen LogP contribution is -2.49. The molecule has 2 saturated heterocycles. The second-order valence-corrected chi connectivity index (χ2v) is 9.45. The Kier molecular flexibility index (Phi) is 5.96. The van der Waals surface area contributed by atoms with E-state index in [0.717, 1.165) is 11.3 Å². The van der Waals surface area contributed by atoms with Crippen LogP contribution in [0.5, 0.6) is 0 Å². The summed E-state index contributed by atoms with van der Waals surface area (Å²) in [5.74, 6) is -0.193. The van der Waals surface area contributed by atoms with Crippen molar-refractivity contribution in [3.63, 3.8) is 0 Å². The van der Waals surface area contributed by atoms with Crippen LogP contribution in [0.1, 0.15) is 13.3 Å². The summed E-state index contributed by atoms with van der Waals surface area (Å²) in [6, 6.07) is 2.96. The van der Waals surface area contributed by atoms with Gasteiger partial charge in [0.2, 0.25) is 11.8 Å². The minimum atomic E-state index is -3.67. The number of hydrogen-bond acceptors (Lipinski definition) is 6. The van der Waals surface area contributed by atoms with Crippen molar-refractivity contribution in [2.45, 2.75) is 23.6 Å². The molecule has 0 saturated carbocycles. The van der Waals surface area contributed by atoms with Gasteiger partial charge in [0.1, 0.15) is 4.21 Å². The van der Waals surface area contributed by atoms with E-state index in [9.17, 15) is 18.0 Å². The maximum Gasteiger partial charge on any atom is 0.250 e. The fourth-order valence-electron chi connectivity index (χ4n) is 3.31. The van der Waals surface area contributed by atoms with Crippen molar-refractivity contribution in [3.8, 4) is 0 Å². The van der Waals surface area contributed by atoms with Crippen LogP contribution in [0.3, 0.4) is 0 Å². The van der Waals surface area contributed by atoms with Gasteiger partial charge in [-0.2, -0.15) is 0 Å². The number of carbonyl (C=O) groups excluding carboxylic acids is 2. The lowest BCUT2D eigenvalue weighted by atomic mass is 10.1. The van der Waals surface area contributed by atoms with Crippen molar-refractivity contribution in [2.24, 2.45) is 5.92 Å². The van der Waals surface area contributed by atoms with E-state index in [1.165, 1.54) is 6.07 Å². The molecule has 26 heavy (non-hydrogen) atoms. The lowest BCUT2D eigenvalue weighted by molar-refractivity contribution is -0.136. The van der Waals surface area contributed by atoms with Crippen LogP contribution in [0, 0.1) is 5.92 Å². The van der Waals surface area contributed by atoms with Crippen molar-refractivity contribution >= 4 is 33.2 Å². The molecule has 8 nitrogen and oxygen atoms in total. The summed E-state index contributed by atoms with van der Waals surface area (Å²) in [4.78, 5) is 28.3. The SMILES string of the molecule is CCC(=O)N1C[C@H]2COC[C@@H]1CN(C(=O)CNS(=O)(=O)c1cccs1)C2. The maximum absolute atomic E-state index is 12.6. The van der Waals surface area contributed by atoms with E-state index in [4.69, 9.17) is 4.74 Å². The molecule has 1 N–H and O–H groups in total. The lowest BCUT2D eigenvalue weighted by Gasteiger charge is -2.31. The van der Waals surface area contributed by atoms with Crippen molar-refractivity contribution < 1.29 is 22.7 Å². The second kappa shape index (κ2) is 8.03. The van der Waals surface area contributed by atoms with E-state index in [0.29, 0.717) is 39.3 Å². The molecule has 3 heterocycles. The Bertz CT molecular complexity index is 750. The average molecular weight is 402 g/mol. The minimum Gasteiger partial charge on any atom is -0.379 e. The Morgan fingerprint density at radius 2 is 2.08 bits per heavy atom. The summed E-state index contributed by atoms with van der Waals surface area (Å²) in [5.41, 5.74) is 0. The molecule has 0 aromatic carbocycles. The third kappa shape index (κ3) is 4.25. The molecular weight excluding hydrogens is 378 g/mol. The topological polar surface area (TPSA) is 96.0 Å². The minimum absolute atomic E-state index is 0.0378. The third-order valence-corrected chi connectivity index (χ3v) is 7.42. The Hall–Kier alpha value is -1.49. The molecule has 1 aromatic heterocycles. The maximum atomic E-state index is 12.6. The number of thiophene rings is 1. The van der Waals surface area contributed by atoms with Gasteiger partial charge >= 0.3 is 0 Å². The summed E-state index contributed by atoms with van der Waals surface area (Å²) in [6.07, 6.45) is 0.414. The Morgan fingerprint density at radius 1 is 1.27 bits per heavy atom. The third-order valence-electron chi connectivity index (χ3n) is 4.62. The summed E-state index contributed by atoms with van der Waals surface area (Å²) < 4.78 is 32.6.